The molecule has 1 aliphatic heterocycles. The lowest BCUT2D eigenvalue weighted by atomic mass is 10.1. The Balaban J connectivity index is 1.29. The summed E-state index contributed by atoms with van der Waals surface area (Å²) in [5.41, 5.74) is 2.45. The van der Waals surface area contributed by atoms with Crippen LogP contribution in [0.5, 0.6) is 0 Å². The van der Waals surface area contributed by atoms with Crippen LogP contribution in [0, 0.1) is 5.82 Å². The highest BCUT2D eigenvalue weighted by molar-refractivity contribution is 6.30. The number of carbonyl (C=O) groups is 1. The monoisotopic (exact) mass is 472 g/mol. The topological polar surface area (TPSA) is 70.8 Å². The Morgan fingerprint density at radius 1 is 1.12 bits per heavy atom. The van der Waals surface area contributed by atoms with Gasteiger partial charge in [0.15, 0.2) is 5.56 Å². The third kappa shape index (κ3) is 5.64. The van der Waals surface area contributed by atoms with Crippen LogP contribution in [-0.4, -0.2) is 62.4 Å². The number of carbonyl (C=O) groups excluding carboxylic acids is 1. The average Bonchev–Trinajstić information content (AvgIpc) is 3.26. The van der Waals surface area contributed by atoms with Crippen LogP contribution in [0.15, 0.2) is 53.1 Å². The van der Waals surface area contributed by atoms with E-state index in [1.807, 2.05) is 12.1 Å². The lowest BCUT2D eigenvalue weighted by Crippen LogP contribution is -2.46. The summed E-state index contributed by atoms with van der Waals surface area (Å²) in [6.45, 7) is 5.21. The molecule has 1 aliphatic rings. The van der Waals surface area contributed by atoms with E-state index in [1.54, 1.807) is 24.3 Å². The SMILES string of the molecule is COC(=O)c1c(-c2ccc(Cl)cc2)noc1NCCCN1CCN(c2ccc(F)cc2)CC1. The number of benzene rings is 2. The van der Waals surface area contributed by atoms with Gasteiger partial charge in [-0.15, -0.1) is 0 Å². The number of hydrogen-bond acceptors (Lipinski definition) is 7. The number of piperazine rings is 1. The van der Waals surface area contributed by atoms with E-state index >= 15 is 0 Å². The molecule has 1 aromatic heterocycles. The standard InChI is InChI=1S/C24H26ClFN4O3/c1-32-24(31)21-22(17-3-5-18(25)6-4-17)28-33-23(21)27-11-2-12-29-13-15-30(16-14-29)20-9-7-19(26)8-10-20/h3-10,27H,2,11-16H2,1H3. The van der Waals surface area contributed by atoms with Crippen molar-refractivity contribution in [1.82, 2.24) is 10.1 Å². The first-order valence-corrected chi connectivity index (χ1v) is 11.2. The molecule has 9 heteroatoms. The Morgan fingerprint density at radius 3 is 2.48 bits per heavy atom. The van der Waals surface area contributed by atoms with Gasteiger partial charge < -0.3 is 19.5 Å². The molecule has 33 heavy (non-hydrogen) atoms. The number of rotatable bonds is 8. The molecule has 0 amide bonds. The third-order valence-corrected chi connectivity index (χ3v) is 5.95. The van der Waals surface area contributed by atoms with Gasteiger partial charge >= 0.3 is 5.97 Å². The molecule has 0 aliphatic carbocycles. The molecule has 0 spiro atoms. The zero-order valence-electron chi connectivity index (χ0n) is 18.4. The van der Waals surface area contributed by atoms with Crippen molar-refractivity contribution in [1.29, 1.82) is 0 Å². The summed E-state index contributed by atoms with van der Waals surface area (Å²) in [5, 5.41) is 7.85. The smallest absolute Gasteiger partial charge is 0.345 e. The zero-order chi connectivity index (χ0) is 23.2. The number of halogens is 2. The number of methoxy groups -OCH3 is 1. The molecule has 1 fully saturated rings. The molecule has 2 heterocycles. The van der Waals surface area contributed by atoms with Crippen molar-refractivity contribution in [2.24, 2.45) is 0 Å². The summed E-state index contributed by atoms with van der Waals surface area (Å²) < 4.78 is 23.5. The van der Waals surface area contributed by atoms with Gasteiger partial charge in [0.05, 0.1) is 7.11 Å². The number of aromatic nitrogens is 1. The highest BCUT2D eigenvalue weighted by atomic mass is 35.5. The molecule has 3 aromatic rings. The van der Waals surface area contributed by atoms with Gasteiger partial charge in [-0.1, -0.05) is 28.9 Å². The number of ether oxygens (including phenoxy) is 1. The molecule has 4 rings (SSSR count). The largest absolute Gasteiger partial charge is 0.465 e. The van der Waals surface area contributed by atoms with E-state index in [0.717, 1.165) is 50.4 Å². The number of nitrogens with zero attached hydrogens (tertiary/aromatic N) is 3. The lowest BCUT2D eigenvalue weighted by molar-refractivity contribution is 0.0602. The van der Waals surface area contributed by atoms with Gasteiger partial charge in [-0.25, -0.2) is 9.18 Å². The Kier molecular flexibility index (Phi) is 7.47. The predicted octanol–water partition coefficient (Wildman–Crippen LogP) is 4.54. The van der Waals surface area contributed by atoms with E-state index in [-0.39, 0.29) is 11.4 Å². The highest BCUT2D eigenvalue weighted by Crippen LogP contribution is 2.30. The molecule has 1 N–H and O–H groups in total. The van der Waals surface area contributed by atoms with Gasteiger partial charge in [-0.05, 0) is 49.4 Å². The Hall–Kier alpha value is -3.10. The first-order chi connectivity index (χ1) is 16.0. The average molecular weight is 473 g/mol. The molecule has 0 unspecified atom stereocenters. The second-order valence-corrected chi connectivity index (χ2v) is 8.26. The van der Waals surface area contributed by atoms with E-state index in [0.29, 0.717) is 23.1 Å². The number of esters is 1. The molecule has 0 radical (unpaired) electrons. The van der Waals surface area contributed by atoms with Crippen molar-refractivity contribution in [2.45, 2.75) is 6.42 Å². The van der Waals surface area contributed by atoms with E-state index in [4.69, 9.17) is 20.9 Å². The van der Waals surface area contributed by atoms with Crippen LogP contribution in [0.25, 0.3) is 11.3 Å². The van der Waals surface area contributed by atoms with Crippen LogP contribution in [0.3, 0.4) is 0 Å². The maximum absolute atomic E-state index is 13.1. The number of nitrogens with one attached hydrogen (secondary N) is 1. The van der Waals surface area contributed by atoms with Crippen LogP contribution < -0.4 is 10.2 Å². The minimum absolute atomic E-state index is 0.215. The quantitative estimate of drug-likeness (QED) is 0.381. The van der Waals surface area contributed by atoms with Crippen molar-refractivity contribution in [2.75, 3.05) is 56.6 Å². The van der Waals surface area contributed by atoms with Crippen LogP contribution in [-0.2, 0) is 4.74 Å². The summed E-state index contributed by atoms with van der Waals surface area (Å²) in [6, 6.07) is 13.7. The van der Waals surface area contributed by atoms with Crippen molar-refractivity contribution < 1.29 is 18.4 Å². The maximum atomic E-state index is 13.1. The fourth-order valence-corrected chi connectivity index (χ4v) is 4.02. The maximum Gasteiger partial charge on any atom is 0.345 e. The summed E-state index contributed by atoms with van der Waals surface area (Å²) in [6.07, 6.45) is 0.869. The summed E-state index contributed by atoms with van der Waals surface area (Å²) >= 11 is 5.96. The van der Waals surface area contributed by atoms with Gasteiger partial charge in [0, 0.05) is 49.0 Å². The van der Waals surface area contributed by atoms with Crippen LogP contribution in [0.1, 0.15) is 16.8 Å². The molecule has 2 aromatic carbocycles. The fourth-order valence-electron chi connectivity index (χ4n) is 3.89. The van der Waals surface area contributed by atoms with E-state index < -0.39 is 5.97 Å². The third-order valence-electron chi connectivity index (χ3n) is 5.70. The summed E-state index contributed by atoms with van der Waals surface area (Å²) in [5.74, 6) is -0.430. The fraction of sp³-hybridized carbons (Fsp3) is 0.333. The van der Waals surface area contributed by atoms with Gasteiger partial charge in [0.25, 0.3) is 0 Å². The van der Waals surface area contributed by atoms with Gasteiger partial charge in [-0.3, -0.25) is 4.90 Å². The first-order valence-electron chi connectivity index (χ1n) is 10.9. The molecule has 7 nitrogen and oxygen atoms in total. The van der Waals surface area contributed by atoms with Crippen LogP contribution >= 0.6 is 11.6 Å². The van der Waals surface area contributed by atoms with Gasteiger partial charge in [0.1, 0.15) is 11.5 Å². The van der Waals surface area contributed by atoms with E-state index in [1.165, 1.54) is 19.2 Å². The number of anilines is 2. The van der Waals surface area contributed by atoms with Crippen molar-refractivity contribution in [3.05, 3.63) is 64.9 Å². The van der Waals surface area contributed by atoms with E-state index in [9.17, 15) is 9.18 Å². The molecule has 0 atom stereocenters. The summed E-state index contributed by atoms with van der Waals surface area (Å²) in [4.78, 5) is 17.0. The van der Waals surface area contributed by atoms with Crippen molar-refractivity contribution >= 4 is 29.1 Å². The Bertz CT molecular complexity index is 1060. The van der Waals surface area contributed by atoms with Crippen molar-refractivity contribution in [3.8, 4) is 11.3 Å². The Labute approximate surface area is 197 Å². The normalized spacial score (nSPS) is 14.3. The van der Waals surface area contributed by atoms with Crippen LogP contribution in [0.2, 0.25) is 5.02 Å². The molecule has 1 saturated heterocycles. The van der Waals surface area contributed by atoms with Crippen LogP contribution in [0.4, 0.5) is 16.0 Å². The summed E-state index contributed by atoms with van der Waals surface area (Å²) in [7, 11) is 1.33. The first kappa shape index (κ1) is 23.1. The van der Waals surface area contributed by atoms with Gasteiger partial charge in [-0.2, -0.15) is 0 Å². The Morgan fingerprint density at radius 2 is 1.82 bits per heavy atom. The van der Waals surface area contributed by atoms with Crippen molar-refractivity contribution in [3.63, 3.8) is 0 Å². The molecule has 0 saturated carbocycles. The van der Waals surface area contributed by atoms with E-state index in [2.05, 4.69) is 20.3 Å². The lowest BCUT2D eigenvalue weighted by Gasteiger charge is -2.36. The molecular formula is C24H26ClFN4O3. The minimum atomic E-state index is -0.513. The molecular weight excluding hydrogens is 447 g/mol. The number of hydrogen-bond donors (Lipinski definition) is 1. The molecule has 0 bridgehead atoms. The minimum Gasteiger partial charge on any atom is -0.465 e. The highest BCUT2D eigenvalue weighted by Gasteiger charge is 2.25. The molecule has 174 valence electrons. The second kappa shape index (κ2) is 10.7. The van der Waals surface area contributed by atoms with Gasteiger partial charge in [0.2, 0.25) is 5.88 Å². The zero-order valence-corrected chi connectivity index (χ0v) is 19.1. The predicted molar refractivity (Wildman–Crippen MR) is 126 cm³/mol. The second-order valence-electron chi connectivity index (χ2n) is 7.82.